The van der Waals surface area contributed by atoms with Gasteiger partial charge in [-0.25, -0.2) is 0 Å². The number of hydrogen-bond acceptors (Lipinski definition) is 3. The van der Waals surface area contributed by atoms with Crippen molar-refractivity contribution >= 4 is 0 Å². The van der Waals surface area contributed by atoms with E-state index >= 15 is 0 Å². The van der Waals surface area contributed by atoms with Crippen molar-refractivity contribution in [3.05, 3.63) is 17.5 Å². The van der Waals surface area contributed by atoms with E-state index < -0.39 is 0 Å². The fraction of sp³-hybridized carbons (Fsp3) is 0.769. The molecule has 0 saturated carbocycles. The van der Waals surface area contributed by atoms with E-state index in [1.54, 1.807) is 0 Å². The van der Waals surface area contributed by atoms with Gasteiger partial charge in [0.05, 0.1) is 5.69 Å². The summed E-state index contributed by atoms with van der Waals surface area (Å²) in [7, 11) is 1.95. The van der Waals surface area contributed by atoms with E-state index in [9.17, 15) is 0 Å². The summed E-state index contributed by atoms with van der Waals surface area (Å²) in [4.78, 5) is 0. The van der Waals surface area contributed by atoms with Crippen molar-refractivity contribution in [1.82, 2.24) is 15.1 Å². The third-order valence-electron chi connectivity index (χ3n) is 2.52. The fourth-order valence-electron chi connectivity index (χ4n) is 1.66. The first-order valence-corrected chi connectivity index (χ1v) is 6.37. The third-order valence-corrected chi connectivity index (χ3v) is 2.52. The van der Waals surface area contributed by atoms with Gasteiger partial charge in [-0.15, -0.1) is 0 Å². The highest BCUT2D eigenvalue weighted by atomic mass is 16.5. The summed E-state index contributed by atoms with van der Waals surface area (Å²) in [6.07, 6.45) is 3.13. The van der Waals surface area contributed by atoms with Crippen LogP contribution in [0, 0.1) is 12.8 Å². The predicted molar refractivity (Wildman–Crippen MR) is 69.9 cm³/mol. The second-order valence-electron chi connectivity index (χ2n) is 4.91. The molecular weight excluding hydrogens is 214 g/mol. The monoisotopic (exact) mass is 239 g/mol. The first-order chi connectivity index (χ1) is 8.09. The number of aromatic nitrogens is 2. The van der Waals surface area contributed by atoms with Crippen molar-refractivity contribution in [1.29, 1.82) is 0 Å². The molecular formula is C13H25N3O. The number of ether oxygens (including phenoxy) is 1. The van der Waals surface area contributed by atoms with Crippen LogP contribution in [0.2, 0.25) is 0 Å². The van der Waals surface area contributed by atoms with Crippen molar-refractivity contribution in [3.63, 3.8) is 0 Å². The molecule has 0 aromatic carbocycles. The average molecular weight is 239 g/mol. The summed E-state index contributed by atoms with van der Waals surface area (Å²) in [5.41, 5.74) is 2.38. The van der Waals surface area contributed by atoms with Gasteiger partial charge in [-0.05, 0) is 25.8 Å². The van der Waals surface area contributed by atoms with E-state index in [-0.39, 0.29) is 0 Å². The zero-order valence-electron chi connectivity index (χ0n) is 11.5. The molecule has 0 aliphatic heterocycles. The van der Waals surface area contributed by atoms with Gasteiger partial charge in [-0.1, -0.05) is 13.8 Å². The highest BCUT2D eigenvalue weighted by molar-refractivity contribution is 5.14. The van der Waals surface area contributed by atoms with Crippen LogP contribution in [0.3, 0.4) is 0 Å². The van der Waals surface area contributed by atoms with Gasteiger partial charge in [0, 0.05) is 38.6 Å². The average Bonchev–Trinajstić information content (AvgIpc) is 2.55. The molecule has 1 aromatic rings. The maximum absolute atomic E-state index is 5.52. The van der Waals surface area contributed by atoms with E-state index in [4.69, 9.17) is 4.74 Å². The molecule has 17 heavy (non-hydrogen) atoms. The molecule has 0 radical (unpaired) electrons. The summed E-state index contributed by atoms with van der Waals surface area (Å²) < 4.78 is 7.38. The molecule has 0 fully saturated rings. The van der Waals surface area contributed by atoms with Crippen molar-refractivity contribution < 1.29 is 4.74 Å². The zero-order chi connectivity index (χ0) is 12.7. The van der Waals surface area contributed by atoms with Crippen LogP contribution in [-0.4, -0.2) is 29.5 Å². The number of aryl methyl sites for hydroxylation is 2. The summed E-state index contributed by atoms with van der Waals surface area (Å²) in [5.74, 6) is 0.626. The Kier molecular flexibility index (Phi) is 6.22. The van der Waals surface area contributed by atoms with Gasteiger partial charge < -0.3 is 10.1 Å². The highest BCUT2D eigenvalue weighted by Crippen LogP contribution is 2.03. The lowest BCUT2D eigenvalue weighted by atomic mass is 10.2. The molecule has 1 N–H and O–H groups in total. The quantitative estimate of drug-likeness (QED) is 0.704. The Morgan fingerprint density at radius 3 is 2.82 bits per heavy atom. The number of nitrogens with one attached hydrogen (secondary N) is 1. The summed E-state index contributed by atoms with van der Waals surface area (Å²) in [5, 5.41) is 7.72. The molecule has 4 nitrogen and oxygen atoms in total. The van der Waals surface area contributed by atoms with Crippen molar-refractivity contribution in [2.24, 2.45) is 13.0 Å². The smallest absolute Gasteiger partial charge is 0.0638 e. The Labute approximate surface area is 104 Å². The van der Waals surface area contributed by atoms with Crippen molar-refractivity contribution in [2.75, 3.05) is 19.8 Å². The van der Waals surface area contributed by atoms with Gasteiger partial charge in [0.2, 0.25) is 0 Å². The maximum Gasteiger partial charge on any atom is 0.0638 e. The largest absolute Gasteiger partial charge is 0.381 e. The molecule has 98 valence electrons. The Hall–Kier alpha value is -0.870. The van der Waals surface area contributed by atoms with Gasteiger partial charge in [0.15, 0.2) is 0 Å². The Morgan fingerprint density at radius 2 is 2.24 bits per heavy atom. The van der Waals surface area contributed by atoms with Crippen LogP contribution in [-0.2, 0) is 18.3 Å². The van der Waals surface area contributed by atoms with Gasteiger partial charge >= 0.3 is 0 Å². The van der Waals surface area contributed by atoms with Gasteiger partial charge in [-0.3, -0.25) is 4.68 Å². The van der Waals surface area contributed by atoms with Crippen LogP contribution in [0.5, 0.6) is 0 Å². The molecule has 4 heteroatoms. The van der Waals surface area contributed by atoms with E-state index in [1.807, 2.05) is 18.7 Å². The highest BCUT2D eigenvalue weighted by Gasteiger charge is 2.01. The standard InChI is InChI=1S/C13H25N3O/c1-11(2)10-17-7-5-6-14-8-13-9-16(4)15-12(13)3/h9,11,14H,5-8,10H2,1-4H3. The lowest BCUT2D eigenvalue weighted by Crippen LogP contribution is -2.17. The molecule has 1 rings (SSSR count). The van der Waals surface area contributed by atoms with Crippen LogP contribution >= 0.6 is 0 Å². The number of rotatable bonds is 8. The first kappa shape index (κ1) is 14.2. The molecule has 1 aromatic heterocycles. The lowest BCUT2D eigenvalue weighted by molar-refractivity contribution is 0.108. The summed E-state index contributed by atoms with van der Waals surface area (Å²) in [6, 6.07) is 0. The molecule has 0 amide bonds. The van der Waals surface area contributed by atoms with Crippen molar-refractivity contribution in [2.45, 2.75) is 33.7 Å². The molecule has 0 saturated heterocycles. The Balaban J connectivity index is 2.03. The van der Waals surface area contributed by atoms with Crippen LogP contribution in [0.1, 0.15) is 31.5 Å². The summed E-state index contributed by atoms with van der Waals surface area (Å²) in [6.45, 7) is 9.98. The Bertz CT molecular complexity index is 320. The lowest BCUT2D eigenvalue weighted by Gasteiger charge is -2.07. The molecule has 1 heterocycles. The molecule has 0 bridgehead atoms. The number of hydrogen-bond donors (Lipinski definition) is 1. The van der Waals surface area contributed by atoms with Crippen LogP contribution in [0.25, 0.3) is 0 Å². The van der Waals surface area contributed by atoms with Crippen LogP contribution in [0.4, 0.5) is 0 Å². The second-order valence-corrected chi connectivity index (χ2v) is 4.91. The molecule has 0 atom stereocenters. The first-order valence-electron chi connectivity index (χ1n) is 6.37. The third kappa shape index (κ3) is 5.84. The SMILES string of the molecule is Cc1nn(C)cc1CNCCCOCC(C)C. The molecule has 0 unspecified atom stereocenters. The normalized spacial score (nSPS) is 11.4. The minimum atomic E-state index is 0.626. The summed E-state index contributed by atoms with van der Waals surface area (Å²) >= 11 is 0. The molecule has 0 aliphatic rings. The van der Waals surface area contributed by atoms with E-state index in [0.29, 0.717) is 5.92 Å². The van der Waals surface area contributed by atoms with E-state index in [2.05, 4.69) is 30.5 Å². The fourth-order valence-corrected chi connectivity index (χ4v) is 1.66. The van der Waals surface area contributed by atoms with Crippen molar-refractivity contribution in [3.8, 4) is 0 Å². The van der Waals surface area contributed by atoms with Gasteiger partial charge in [0.1, 0.15) is 0 Å². The van der Waals surface area contributed by atoms with E-state index in [1.165, 1.54) is 5.56 Å². The predicted octanol–water partition coefficient (Wildman–Crippen LogP) is 1.88. The Morgan fingerprint density at radius 1 is 1.47 bits per heavy atom. The minimum absolute atomic E-state index is 0.626. The van der Waals surface area contributed by atoms with Gasteiger partial charge in [-0.2, -0.15) is 5.10 Å². The zero-order valence-corrected chi connectivity index (χ0v) is 11.5. The molecule has 0 spiro atoms. The van der Waals surface area contributed by atoms with Crippen LogP contribution in [0.15, 0.2) is 6.20 Å². The van der Waals surface area contributed by atoms with E-state index in [0.717, 1.165) is 38.4 Å². The minimum Gasteiger partial charge on any atom is -0.381 e. The molecule has 0 aliphatic carbocycles. The van der Waals surface area contributed by atoms with Crippen LogP contribution < -0.4 is 5.32 Å². The maximum atomic E-state index is 5.52. The van der Waals surface area contributed by atoms with Gasteiger partial charge in [0.25, 0.3) is 0 Å². The number of nitrogens with zero attached hydrogens (tertiary/aromatic N) is 2. The second kappa shape index (κ2) is 7.45. The topological polar surface area (TPSA) is 39.1 Å².